The van der Waals surface area contributed by atoms with Gasteiger partial charge in [0, 0.05) is 18.8 Å². The standard InChI is InChI=1S/C40H72O4/c1-4-6-8-10-12-14-16-18-20-22-24-26-28-30-32-34-39(41)43-36-38(3)37-44-40(42)35-33-31-29-27-25-23-21-19-17-15-13-11-9-7-5-2/h12,14,18-21,38H,4-11,13,15-17,22-37H2,1-3H3/b14-12-,20-18-,21-19-/t38-/m0/s1. The first kappa shape index (κ1) is 42.2. The van der Waals surface area contributed by atoms with Crippen LogP contribution in [0.15, 0.2) is 36.5 Å². The van der Waals surface area contributed by atoms with Crippen molar-refractivity contribution >= 4 is 11.9 Å². The Morgan fingerprint density at radius 2 is 0.773 bits per heavy atom. The van der Waals surface area contributed by atoms with Crippen LogP contribution in [0.25, 0.3) is 0 Å². The monoisotopic (exact) mass is 617 g/mol. The Hall–Kier alpha value is -1.84. The van der Waals surface area contributed by atoms with E-state index in [-0.39, 0.29) is 17.9 Å². The van der Waals surface area contributed by atoms with Crippen LogP contribution in [-0.4, -0.2) is 25.2 Å². The minimum absolute atomic E-state index is 0.0293. The van der Waals surface area contributed by atoms with Gasteiger partial charge in [0.15, 0.2) is 0 Å². The van der Waals surface area contributed by atoms with E-state index >= 15 is 0 Å². The van der Waals surface area contributed by atoms with Crippen LogP contribution in [0.1, 0.15) is 188 Å². The molecule has 0 heterocycles. The van der Waals surface area contributed by atoms with Crippen molar-refractivity contribution in [1.29, 1.82) is 0 Å². The van der Waals surface area contributed by atoms with Crippen molar-refractivity contribution in [2.24, 2.45) is 5.92 Å². The Labute approximate surface area is 273 Å². The zero-order valence-electron chi connectivity index (χ0n) is 29.5. The number of hydrogen-bond donors (Lipinski definition) is 0. The van der Waals surface area contributed by atoms with Gasteiger partial charge in [-0.15, -0.1) is 0 Å². The smallest absolute Gasteiger partial charge is 0.305 e. The highest BCUT2D eigenvalue weighted by atomic mass is 16.5. The fourth-order valence-corrected chi connectivity index (χ4v) is 5.08. The van der Waals surface area contributed by atoms with Gasteiger partial charge in [0.1, 0.15) is 0 Å². The lowest BCUT2D eigenvalue weighted by molar-refractivity contribution is -0.148. The number of allylic oxidation sites excluding steroid dienone is 6. The number of carbonyl (C=O) groups is 2. The van der Waals surface area contributed by atoms with Crippen molar-refractivity contribution in [2.75, 3.05) is 13.2 Å². The minimum atomic E-state index is -0.137. The summed E-state index contributed by atoms with van der Waals surface area (Å²) in [5.41, 5.74) is 0. The van der Waals surface area contributed by atoms with Gasteiger partial charge in [0.2, 0.25) is 0 Å². The van der Waals surface area contributed by atoms with Gasteiger partial charge in [0.05, 0.1) is 13.2 Å². The second kappa shape index (κ2) is 35.6. The van der Waals surface area contributed by atoms with Crippen LogP contribution in [0.4, 0.5) is 0 Å². The molecule has 0 saturated carbocycles. The molecular weight excluding hydrogens is 544 g/mol. The third-order valence-electron chi connectivity index (χ3n) is 8.03. The molecule has 0 aliphatic heterocycles. The number of unbranched alkanes of at least 4 members (excludes halogenated alkanes) is 19. The van der Waals surface area contributed by atoms with E-state index in [2.05, 4.69) is 50.3 Å². The predicted molar refractivity (Wildman–Crippen MR) is 190 cm³/mol. The molecule has 0 unspecified atom stereocenters. The molecule has 0 aliphatic rings. The number of esters is 2. The highest BCUT2D eigenvalue weighted by molar-refractivity contribution is 5.69. The summed E-state index contributed by atoms with van der Waals surface area (Å²) in [6, 6.07) is 0. The first-order chi connectivity index (χ1) is 21.6. The van der Waals surface area contributed by atoms with Gasteiger partial charge < -0.3 is 9.47 Å². The average Bonchev–Trinajstić information content (AvgIpc) is 3.02. The largest absolute Gasteiger partial charge is 0.465 e. The molecule has 0 aromatic carbocycles. The summed E-state index contributed by atoms with van der Waals surface area (Å²) in [7, 11) is 0. The maximum atomic E-state index is 12.0. The molecule has 0 aliphatic carbocycles. The van der Waals surface area contributed by atoms with Crippen LogP contribution in [0.5, 0.6) is 0 Å². The SMILES string of the molecule is CCCCC/C=C\C/C=C\CCCCCCCC(=O)OC[C@H](C)COC(=O)CCCCCCC/C=C\CCCCCCCC. The van der Waals surface area contributed by atoms with Crippen LogP contribution in [-0.2, 0) is 19.1 Å². The summed E-state index contributed by atoms with van der Waals surface area (Å²) in [5, 5.41) is 0. The van der Waals surface area contributed by atoms with E-state index in [0.717, 1.165) is 38.5 Å². The molecule has 0 aromatic heterocycles. The van der Waals surface area contributed by atoms with Gasteiger partial charge in [-0.05, 0) is 70.6 Å². The van der Waals surface area contributed by atoms with E-state index < -0.39 is 0 Å². The Morgan fingerprint density at radius 1 is 0.455 bits per heavy atom. The Kier molecular flexibility index (Phi) is 34.1. The molecule has 44 heavy (non-hydrogen) atoms. The molecule has 0 rings (SSSR count). The number of hydrogen-bond acceptors (Lipinski definition) is 4. The normalized spacial score (nSPS) is 12.5. The van der Waals surface area contributed by atoms with Crippen molar-refractivity contribution in [3.63, 3.8) is 0 Å². The van der Waals surface area contributed by atoms with Gasteiger partial charge in [-0.1, -0.05) is 141 Å². The fourth-order valence-electron chi connectivity index (χ4n) is 5.08. The molecule has 0 spiro atoms. The molecule has 4 heteroatoms. The lowest BCUT2D eigenvalue weighted by atomic mass is 10.1. The van der Waals surface area contributed by atoms with E-state index in [1.807, 2.05) is 6.92 Å². The summed E-state index contributed by atoms with van der Waals surface area (Å²) < 4.78 is 10.8. The van der Waals surface area contributed by atoms with E-state index in [1.165, 1.54) is 116 Å². The summed E-state index contributed by atoms with van der Waals surface area (Å²) >= 11 is 0. The highest BCUT2D eigenvalue weighted by Gasteiger charge is 2.10. The van der Waals surface area contributed by atoms with E-state index in [1.54, 1.807) is 0 Å². The first-order valence-corrected chi connectivity index (χ1v) is 18.9. The average molecular weight is 617 g/mol. The van der Waals surface area contributed by atoms with Gasteiger partial charge >= 0.3 is 11.9 Å². The van der Waals surface area contributed by atoms with Gasteiger partial charge in [-0.25, -0.2) is 0 Å². The van der Waals surface area contributed by atoms with Gasteiger partial charge in [-0.2, -0.15) is 0 Å². The number of ether oxygens (including phenoxy) is 2. The summed E-state index contributed by atoms with van der Waals surface area (Å²) in [4.78, 5) is 24.1. The zero-order chi connectivity index (χ0) is 32.2. The molecule has 0 amide bonds. The lowest BCUT2D eigenvalue weighted by Gasteiger charge is -2.13. The Bertz CT molecular complexity index is 708. The maximum absolute atomic E-state index is 12.0. The number of rotatable bonds is 33. The summed E-state index contributed by atoms with van der Waals surface area (Å²) in [5.74, 6) is -0.241. The fraction of sp³-hybridized carbons (Fsp3) is 0.800. The van der Waals surface area contributed by atoms with Crippen LogP contribution < -0.4 is 0 Å². The molecule has 0 fully saturated rings. The third-order valence-corrected chi connectivity index (χ3v) is 8.03. The minimum Gasteiger partial charge on any atom is -0.465 e. The first-order valence-electron chi connectivity index (χ1n) is 18.9. The molecule has 0 aromatic rings. The van der Waals surface area contributed by atoms with Crippen LogP contribution >= 0.6 is 0 Å². The van der Waals surface area contributed by atoms with Crippen LogP contribution in [0.3, 0.4) is 0 Å². The van der Waals surface area contributed by atoms with E-state index in [0.29, 0.717) is 26.1 Å². The Balaban J connectivity index is 3.48. The molecule has 0 N–H and O–H groups in total. The van der Waals surface area contributed by atoms with Gasteiger partial charge in [0.25, 0.3) is 0 Å². The quantitative estimate of drug-likeness (QED) is 0.0418. The number of carbonyl (C=O) groups excluding carboxylic acids is 2. The lowest BCUT2D eigenvalue weighted by Crippen LogP contribution is -2.18. The van der Waals surface area contributed by atoms with E-state index in [9.17, 15) is 9.59 Å². The van der Waals surface area contributed by atoms with Crippen molar-refractivity contribution in [2.45, 2.75) is 188 Å². The summed E-state index contributed by atoms with van der Waals surface area (Å²) in [6.45, 7) is 7.11. The van der Waals surface area contributed by atoms with Crippen molar-refractivity contribution < 1.29 is 19.1 Å². The third kappa shape index (κ3) is 34.6. The molecular formula is C40H72O4. The molecule has 0 radical (unpaired) electrons. The highest BCUT2D eigenvalue weighted by Crippen LogP contribution is 2.12. The summed E-state index contributed by atoms with van der Waals surface area (Å²) in [6.07, 6.45) is 43.9. The topological polar surface area (TPSA) is 52.6 Å². The second-order valence-corrected chi connectivity index (χ2v) is 12.8. The van der Waals surface area contributed by atoms with Gasteiger partial charge in [-0.3, -0.25) is 9.59 Å². The van der Waals surface area contributed by atoms with Crippen LogP contribution in [0.2, 0.25) is 0 Å². The molecule has 256 valence electrons. The zero-order valence-corrected chi connectivity index (χ0v) is 29.5. The molecule has 1 atom stereocenters. The van der Waals surface area contributed by atoms with Crippen molar-refractivity contribution in [3.8, 4) is 0 Å². The molecule has 4 nitrogen and oxygen atoms in total. The van der Waals surface area contributed by atoms with Crippen molar-refractivity contribution in [3.05, 3.63) is 36.5 Å². The Morgan fingerprint density at radius 3 is 1.20 bits per heavy atom. The maximum Gasteiger partial charge on any atom is 0.305 e. The van der Waals surface area contributed by atoms with E-state index in [4.69, 9.17) is 9.47 Å². The molecule has 0 bridgehead atoms. The second-order valence-electron chi connectivity index (χ2n) is 12.8. The van der Waals surface area contributed by atoms with Crippen molar-refractivity contribution in [1.82, 2.24) is 0 Å². The predicted octanol–water partition coefficient (Wildman–Crippen LogP) is 12.6. The molecule has 0 saturated heterocycles. The van der Waals surface area contributed by atoms with Crippen LogP contribution in [0, 0.1) is 5.92 Å².